The van der Waals surface area contributed by atoms with E-state index in [0.29, 0.717) is 24.2 Å². The number of rotatable bonds is 13. The summed E-state index contributed by atoms with van der Waals surface area (Å²) >= 11 is 0. The van der Waals surface area contributed by atoms with Gasteiger partial charge in [-0.1, -0.05) is 121 Å². The lowest BCUT2D eigenvalue weighted by atomic mass is 10.0. The van der Waals surface area contributed by atoms with Gasteiger partial charge < -0.3 is 0 Å². The Balaban J connectivity index is 1.38. The van der Waals surface area contributed by atoms with E-state index < -0.39 is 0 Å². The van der Waals surface area contributed by atoms with Crippen molar-refractivity contribution in [2.24, 2.45) is 9.98 Å². The number of benzene rings is 4. The number of hydrogen-bond donors (Lipinski definition) is 0. The summed E-state index contributed by atoms with van der Waals surface area (Å²) in [5.74, 6) is 0.127. The number of carbonyl (C=O) groups is 2. The number of ketones is 2. The third-order valence-corrected chi connectivity index (χ3v) is 6.23. The lowest BCUT2D eigenvalue weighted by Gasteiger charge is -2.08. The molecule has 0 fully saturated rings. The average Bonchev–Trinajstić information content (AvgIpc) is 2.99. The molecule has 0 aliphatic heterocycles. The van der Waals surface area contributed by atoms with Crippen molar-refractivity contribution in [3.63, 3.8) is 0 Å². The number of hydrogen-bond acceptors (Lipinski definition) is 4. The lowest BCUT2D eigenvalue weighted by molar-refractivity contribution is 0.0992. The third kappa shape index (κ3) is 8.04. The number of nitrogens with zero attached hydrogens (tertiary/aromatic N) is 2. The summed E-state index contributed by atoms with van der Waals surface area (Å²) in [5, 5.41) is 0. The van der Waals surface area contributed by atoms with Crippen molar-refractivity contribution >= 4 is 23.0 Å². The van der Waals surface area contributed by atoms with Crippen molar-refractivity contribution in [2.75, 3.05) is 13.1 Å². The molecule has 0 unspecified atom stereocenters. The Kier molecular flexibility index (Phi) is 10.0. The average molecular weight is 501 g/mol. The predicted octanol–water partition coefficient (Wildman–Crippen LogP) is 7.29. The standard InChI is InChI=1S/C34H32N2O2/c37-33(29-19-9-3-10-20-29)25-31(27-15-5-1-6-16-27)35-23-13-14-24-36-32(28-17-7-2-8-18-28)26-34(38)30-21-11-4-12-22-30/h1-12,15-22H,13-14,23-26H2. The molecule has 0 saturated carbocycles. The molecule has 0 aliphatic carbocycles. The molecule has 190 valence electrons. The first-order valence-corrected chi connectivity index (χ1v) is 13.0. The predicted molar refractivity (Wildman–Crippen MR) is 156 cm³/mol. The highest BCUT2D eigenvalue weighted by Crippen LogP contribution is 2.13. The number of carbonyl (C=O) groups excluding carboxylic acids is 2. The van der Waals surface area contributed by atoms with Crippen LogP contribution in [0, 0.1) is 0 Å². The molecule has 0 amide bonds. The summed E-state index contributed by atoms with van der Waals surface area (Å²) in [6.07, 6.45) is 2.22. The van der Waals surface area contributed by atoms with Crippen molar-refractivity contribution in [1.82, 2.24) is 0 Å². The van der Waals surface area contributed by atoms with Crippen LogP contribution in [0.5, 0.6) is 0 Å². The molecule has 0 saturated heterocycles. The molecule has 0 spiro atoms. The molecule has 0 N–H and O–H groups in total. The number of unbranched alkanes of at least 4 members (excludes halogenated alkanes) is 1. The van der Waals surface area contributed by atoms with Crippen molar-refractivity contribution < 1.29 is 9.59 Å². The third-order valence-electron chi connectivity index (χ3n) is 6.23. The zero-order chi connectivity index (χ0) is 26.4. The van der Waals surface area contributed by atoms with Gasteiger partial charge >= 0.3 is 0 Å². The zero-order valence-corrected chi connectivity index (χ0v) is 21.5. The molecule has 4 aromatic rings. The molecule has 0 radical (unpaired) electrons. The van der Waals surface area contributed by atoms with Gasteiger partial charge in [0.15, 0.2) is 11.6 Å². The summed E-state index contributed by atoms with van der Waals surface area (Å²) in [7, 11) is 0. The summed E-state index contributed by atoms with van der Waals surface area (Å²) in [6.45, 7) is 1.23. The summed E-state index contributed by atoms with van der Waals surface area (Å²) in [4.78, 5) is 35.3. The van der Waals surface area contributed by atoms with Crippen LogP contribution in [-0.2, 0) is 0 Å². The second kappa shape index (κ2) is 14.3. The SMILES string of the molecule is O=C(CC(=NCCCCN=C(CC(=O)c1ccccc1)c1ccccc1)c1ccccc1)c1ccccc1. The van der Waals surface area contributed by atoms with E-state index in [0.717, 1.165) is 35.4 Å². The highest BCUT2D eigenvalue weighted by atomic mass is 16.1. The number of aliphatic imine (C=N–C) groups is 2. The highest BCUT2D eigenvalue weighted by molar-refractivity contribution is 6.16. The van der Waals surface area contributed by atoms with Crippen LogP contribution in [0.3, 0.4) is 0 Å². The fourth-order valence-electron chi connectivity index (χ4n) is 4.17. The number of Topliss-reactive ketones (excluding diaryl/α,β-unsaturated/α-hetero) is 2. The second-order valence-corrected chi connectivity index (χ2v) is 9.03. The van der Waals surface area contributed by atoms with Crippen LogP contribution in [0.2, 0.25) is 0 Å². The van der Waals surface area contributed by atoms with Gasteiger partial charge in [0, 0.05) is 35.6 Å². The maximum Gasteiger partial charge on any atom is 0.168 e. The summed E-state index contributed by atoms with van der Waals surface area (Å²) < 4.78 is 0. The molecule has 0 atom stereocenters. The van der Waals surface area contributed by atoms with Gasteiger partial charge in [-0.15, -0.1) is 0 Å². The molecule has 4 heteroatoms. The van der Waals surface area contributed by atoms with Crippen LogP contribution in [0.25, 0.3) is 0 Å². The van der Waals surface area contributed by atoms with Crippen molar-refractivity contribution in [1.29, 1.82) is 0 Å². The lowest BCUT2D eigenvalue weighted by Crippen LogP contribution is -2.11. The first-order valence-electron chi connectivity index (χ1n) is 13.0. The Labute approximate surface area is 224 Å². The van der Waals surface area contributed by atoms with Gasteiger partial charge in [0.2, 0.25) is 0 Å². The zero-order valence-electron chi connectivity index (χ0n) is 21.5. The Hall–Kier alpha value is -4.44. The first-order chi connectivity index (χ1) is 18.7. The van der Waals surface area contributed by atoms with Crippen LogP contribution < -0.4 is 0 Å². The molecular weight excluding hydrogens is 468 g/mol. The van der Waals surface area contributed by atoms with Gasteiger partial charge in [0.25, 0.3) is 0 Å². The van der Waals surface area contributed by atoms with Crippen LogP contribution in [0.4, 0.5) is 0 Å². The molecule has 0 heterocycles. The normalized spacial score (nSPS) is 11.8. The minimum absolute atomic E-state index is 0.0633. The van der Waals surface area contributed by atoms with Gasteiger partial charge in [0.05, 0.1) is 12.8 Å². The monoisotopic (exact) mass is 500 g/mol. The van der Waals surface area contributed by atoms with Gasteiger partial charge in [-0.05, 0) is 24.0 Å². The molecule has 0 aliphatic rings. The summed E-state index contributed by atoms with van der Waals surface area (Å²) in [6, 6.07) is 38.5. The molecular formula is C34H32N2O2. The van der Waals surface area contributed by atoms with Gasteiger partial charge in [-0.3, -0.25) is 19.6 Å². The topological polar surface area (TPSA) is 58.9 Å². The van der Waals surface area contributed by atoms with Gasteiger partial charge in [-0.2, -0.15) is 0 Å². The Bertz CT molecular complexity index is 1250. The molecule has 0 aromatic heterocycles. The van der Waals surface area contributed by atoms with E-state index in [1.54, 1.807) is 0 Å². The molecule has 4 aromatic carbocycles. The van der Waals surface area contributed by atoms with Crippen molar-refractivity contribution in [2.45, 2.75) is 25.7 Å². The minimum atomic E-state index is 0.0633. The van der Waals surface area contributed by atoms with Gasteiger partial charge in [0.1, 0.15) is 0 Å². The Morgan fingerprint density at radius 2 is 0.711 bits per heavy atom. The molecule has 38 heavy (non-hydrogen) atoms. The Morgan fingerprint density at radius 1 is 0.421 bits per heavy atom. The van der Waals surface area contributed by atoms with E-state index in [1.165, 1.54) is 0 Å². The minimum Gasteiger partial charge on any atom is -0.294 e. The van der Waals surface area contributed by atoms with Crippen LogP contribution in [0.1, 0.15) is 57.5 Å². The van der Waals surface area contributed by atoms with Crippen LogP contribution >= 0.6 is 0 Å². The van der Waals surface area contributed by atoms with Crippen molar-refractivity contribution in [3.8, 4) is 0 Å². The van der Waals surface area contributed by atoms with E-state index in [4.69, 9.17) is 9.98 Å². The fraction of sp³-hybridized carbons (Fsp3) is 0.176. The fourth-order valence-corrected chi connectivity index (χ4v) is 4.17. The maximum atomic E-state index is 12.8. The van der Waals surface area contributed by atoms with E-state index in [1.807, 2.05) is 121 Å². The molecule has 4 nitrogen and oxygen atoms in total. The van der Waals surface area contributed by atoms with Crippen LogP contribution in [0.15, 0.2) is 131 Å². The van der Waals surface area contributed by atoms with Gasteiger partial charge in [-0.25, -0.2) is 0 Å². The van der Waals surface area contributed by atoms with E-state index >= 15 is 0 Å². The second-order valence-electron chi connectivity index (χ2n) is 9.03. The van der Waals surface area contributed by atoms with E-state index in [2.05, 4.69) is 0 Å². The smallest absolute Gasteiger partial charge is 0.168 e. The van der Waals surface area contributed by atoms with E-state index in [-0.39, 0.29) is 24.4 Å². The molecule has 0 bridgehead atoms. The maximum absolute atomic E-state index is 12.8. The quantitative estimate of drug-likeness (QED) is 0.110. The van der Waals surface area contributed by atoms with Crippen molar-refractivity contribution in [3.05, 3.63) is 144 Å². The first kappa shape index (κ1) is 26.6. The molecule has 4 rings (SSSR count). The van der Waals surface area contributed by atoms with Crippen LogP contribution in [-0.4, -0.2) is 36.1 Å². The Morgan fingerprint density at radius 3 is 1.03 bits per heavy atom. The van der Waals surface area contributed by atoms with E-state index in [9.17, 15) is 9.59 Å². The largest absolute Gasteiger partial charge is 0.294 e. The highest BCUT2D eigenvalue weighted by Gasteiger charge is 2.13. The summed E-state index contributed by atoms with van der Waals surface area (Å²) in [5.41, 5.74) is 4.96.